The zero-order valence-corrected chi connectivity index (χ0v) is 45.6. The highest BCUT2D eigenvalue weighted by Gasteiger charge is 2.47. The van der Waals surface area contributed by atoms with Gasteiger partial charge in [-0.2, -0.15) is 0 Å². The maximum absolute atomic E-state index is 13.3. The molecule has 0 amide bonds. The highest BCUT2D eigenvalue weighted by atomic mass is 32.2. The average Bonchev–Trinajstić information content (AvgIpc) is 4.10. The van der Waals surface area contributed by atoms with Crippen LogP contribution in [0.4, 0.5) is 34.4 Å². The first kappa shape index (κ1) is 51.7. The molecule has 4 bridgehead atoms. The van der Waals surface area contributed by atoms with E-state index in [1.165, 1.54) is 6.26 Å². The van der Waals surface area contributed by atoms with E-state index in [2.05, 4.69) is 90.7 Å². The minimum absolute atomic E-state index is 0.0608. The minimum Gasteiger partial charge on any atom is -0.507 e. The minimum atomic E-state index is -3.52. The zero-order valence-electron chi connectivity index (χ0n) is 44.8. The van der Waals surface area contributed by atoms with Gasteiger partial charge in [0.2, 0.25) is 0 Å². The van der Waals surface area contributed by atoms with Gasteiger partial charge in [-0.05, 0) is 104 Å². The summed E-state index contributed by atoms with van der Waals surface area (Å²) >= 11 is 0. The number of phenols is 2. The Bertz CT molecular complexity index is 3740. The van der Waals surface area contributed by atoms with Crippen LogP contribution in [0.25, 0.3) is 22.5 Å². The Morgan fingerprint density at radius 2 is 1.14 bits per heavy atom. The summed E-state index contributed by atoms with van der Waals surface area (Å²) in [6.45, 7) is 5.72. The number of anilines is 6. The summed E-state index contributed by atoms with van der Waals surface area (Å²) in [5, 5.41) is 39.3. The number of hydrogen-bond donors (Lipinski definition) is 4. The number of ether oxygens (including phenoxy) is 1. The Kier molecular flexibility index (Phi) is 13.7. The van der Waals surface area contributed by atoms with E-state index >= 15 is 0 Å². The van der Waals surface area contributed by atoms with E-state index in [4.69, 9.17) is 16.2 Å². The third kappa shape index (κ3) is 10.3. The standard InChI is InChI=1S/C61H62N14O5S/c1-81(78,79)57-38-71(27-9-11-40-29-42(23-25-65-40)75-43-18-19-44(75)33-72(32-43)54-30-52(66-68-60(54)62)49-14-5-6-17-56(49)76)58(57)51-16-7-15-50(59(51)77)53-31-55(61(63)69-67-53)73-34-45-20-21-46(35-73)74(45)41-22-24-64-39(28-41)10-8-26-70-36-48(37-70)80-47-12-3-2-4-13-47/h2-7,12-17,22-25,28-31,43-46,48,57-58,76-77H,18-21,26-27,32-38H2,1H3,(H2,62,68)(H2,63,69). The lowest BCUT2D eigenvalue weighted by Crippen LogP contribution is -2.56. The Hall–Kier alpha value is -8.69. The van der Waals surface area contributed by atoms with Crippen LogP contribution in [0, 0.1) is 23.7 Å². The number of benzene rings is 3. The number of sulfone groups is 1. The van der Waals surface area contributed by atoms with Crippen LogP contribution < -0.4 is 35.8 Å². The Morgan fingerprint density at radius 3 is 1.70 bits per heavy atom. The van der Waals surface area contributed by atoms with E-state index in [1.807, 2.05) is 83.9 Å². The number of fused-ring (bicyclic) bond motifs is 4. The van der Waals surface area contributed by atoms with Crippen LogP contribution in [0.1, 0.15) is 48.7 Å². The summed E-state index contributed by atoms with van der Waals surface area (Å²) in [5.41, 5.74) is 20.5. The highest BCUT2D eigenvalue weighted by molar-refractivity contribution is 7.91. The molecule has 6 aliphatic heterocycles. The molecule has 20 heteroatoms. The Labute approximate surface area is 471 Å². The van der Waals surface area contributed by atoms with Gasteiger partial charge in [0.25, 0.3) is 0 Å². The van der Waals surface area contributed by atoms with Gasteiger partial charge in [0.1, 0.15) is 34.7 Å². The number of para-hydroxylation sites is 3. The van der Waals surface area contributed by atoms with Gasteiger partial charge in [-0.25, -0.2) is 18.4 Å². The number of phenolic OH excluding ortho intramolecular Hbond substituents is 2. The quantitative estimate of drug-likeness (QED) is 0.109. The molecule has 4 aromatic heterocycles. The van der Waals surface area contributed by atoms with Crippen LogP contribution in [-0.2, 0) is 9.84 Å². The smallest absolute Gasteiger partial charge is 0.169 e. The summed E-state index contributed by atoms with van der Waals surface area (Å²) < 4.78 is 32.6. The Balaban J connectivity index is 0.666. The highest BCUT2D eigenvalue weighted by Crippen LogP contribution is 2.46. The van der Waals surface area contributed by atoms with Crippen molar-refractivity contribution in [1.82, 2.24) is 40.2 Å². The third-order valence-electron chi connectivity index (χ3n) is 16.9. The molecule has 0 spiro atoms. The molecule has 81 heavy (non-hydrogen) atoms. The van der Waals surface area contributed by atoms with Crippen LogP contribution in [0.3, 0.4) is 0 Å². The fourth-order valence-electron chi connectivity index (χ4n) is 13.0. The molecule has 0 radical (unpaired) electrons. The lowest BCUT2D eigenvalue weighted by molar-refractivity contribution is 0.0296. The maximum Gasteiger partial charge on any atom is 0.169 e. The molecule has 0 saturated carbocycles. The number of nitrogens with two attached hydrogens (primary N) is 2. The average molecular weight is 1100 g/mol. The normalized spacial score (nSPS) is 22.5. The number of hydrogen-bond acceptors (Lipinski definition) is 19. The number of aromatic nitrogens is 6. The van der Waals surface area contributed by atoms with E-state index in [1.54, 1.807) is 30.5 Å². The summed E-state index contributed by atoms with van der Waals surface area (Å²) in [7, 11) is -3.52. The number of piperazine rings is 2. The molecule has 6 N–H and O–H groups in total. The molecule has 6 fully saturated rings. The van der Waals surface area contributed by atoms with Gasteiger partial charge in [0.05, 0.1) is 47.1 Å². The first-order valence-corrected chi connectivity index (χ1v) is 29.5. The zero-order chi connectivity index (χ0) is 55.4. The molecule has 19 nitrogen and oxygen atoms in total. The van der Waals surface area contributed by atoms with Gasteiger partial charge < -0.3 is 46.0 Å². The SMILES string of the molecule is CS(=O)(=O)C1CN(CC#Cc2cc(N3C4CCC3CN(c3cc(-c5ccccc5O)nnc3N)C4)ccn2)C1c1cccc(-c2cc(N3CC4CCC(C3)N4c3ccnc(C#CCN4CC(Oc5ccccc5)C4)c3)c(N)nn2)c1O. The van der Waals surface area contributed by atoms with Gasteiger partial charge in [-0.15, -0.1) is 20.4 Å². The van der Waals surface area contributed by atoms with Crippen molar-refractivity contribution in [1.29, 1.82) is 0 Å². The number of nitrogen functional groups attached to an aromatic ring is 2. The predicted octanol–water partition coefficient (Wildman–Crippen LogP) is 5.62. The second-order valence-electron chi connectivity index (χ2n) is 22.0. The van der Waals surface area contributed by atoms with E-state index in [0.29, 0.717) is 65.0 Å². The molecule has 6 aliphatic rings. The summed E-state index contributed by atoms with van der Waals surface area (Å²) in [5.74, 6) is 14.7. The largest absolute Gasteiger partial charge is 0.507 e. The lowest BCUT2D eigenvalue weighted by atomic mass is 9.91. The van der Waals surface area contributed by atoms with Crippen molar-refractivity contribution < 1.29 is 23.4 Å². The van der Waals surface area contributed by atoms with E-state index in [0.717, 1.165) is 86.1 Å². The number of pyridine rings is 2. The molecule has 412 valence electrons. The fourth-order valence-corrected chi connectivity index (χ4v) is 14.2. The topological polar surface area (TPSA) is 233 Å². The van der Waals surface area contributed by atoms with Crippen molar-refractivity contribution >= 4 is 44.2 Å². The molecular weight excluding hydrogens is 1040 g/mol. The summed E-state index contributed by atoms with van der Waals surface area (Å²) in [4.78, 5) is 22.9. The van der Waals surface area contributed by atoms with Crippen molar-refractivity contribution in [2.24, 2.45) is 0 Å². The number of aromatic hydroxyl groups is 2. The Morgan fingerprint density at radius 1 is 0.605 bits per heavy atom. The molecule has 6 saturated heterocycles. The van der Waals surface area contributed by atoms with Gasteiger partial charge in [-0.1, -0.05) is 54.3 Å². The monoisotopic (exact) mass is 1100 g/mol. The number of nitrogens with zero attached hydrogens (tertiary/aromatic N) is 12. The maximum atomic E-state index is 13.3. The first-order valence-electron chi connectivity index (χ1n) is 27.6. The van der Waals surface area contributed by atoms with Gasteiger partial charge >= 0.3 is 0 Å². The van der Waals surface area contributed by atoms with Gasteiger partial charge in [-0.3, -0.25) is 9.80 Å². The van der Waals surface area contributed by atoms with Crippen molar-refractivity contribution in [2.45, 2.75) is 67.2 Å². The van der Waals surface area contributed by atoms with Crippen LogP contribution in [-0.4, -0.2) is 159 Å². The van der Waals surface area contributed by atoms with Crippen LogP contribution in [0.15, 0.2) is 122 Å². The summed E-state index contributed by atoms with van der Waals surface area (Å²) in [6, 6.07) is 34.5. The predicted molar refractivity (Wildman–Crippen MR) is 313 cm³/mol. The lowest BCUT2D eigenvalue weighted by Gasteiger charge is -2.46. The number of likely N-dealkylation sites (tertiary alicyclic amines) is 2. The van der Waals surface area contributed by atoms with Crippen molar-refractivity contribution in [2.75, 3.05) is 96.2 Å². The van der Waals surface area contributed by atoms with E-state index in [-0.39, 0.29) is 54.9 Å². The molecule has 6 atom stereocenters. The van der Waals surface area contributed by atoms with E-state index < -0.39 is 21.1 Å². The molecule has 10 heterocycles. The second kappa shape index (κ2) is 21.4. The molecule has 6 unspecified atom stereocenters. The van der Waals surface area contributed by atoms with Crippen LogP contribution in [0.5, 0.6) is 17.2 Å². The molecule has 7 aromatic rings. The first-order chi connectivity index (χ1) is 39.4. The fraction of sp³-hybridized carbons (Fsp3) is 0.344. The second-order valence-corrected chi connectivity index (χ2v) is 24.3. The molecule has 0 aliphatic carbocycles. The molecular formula is C61H62N14O5S. The van der Waals surface area contributed by atoms with Crippen molar-refractivity contribution in [3.63, 3.8) is 0 Å². The van der Waals surface area contributed by atoms with Crippen LogP contribution in [0.2, 0.25) is 0 Å². The summed E-state index contributed by atoms with van der Waals surface area (Å²) in [6.07, 6.45) is 9.08. The van der Waals surface area contributed by atoms with E-state index in [9.17, 15) is 18.6 Å². The van der Waals surface area contributed by atoms with Crippen molar-refractivity contribution in [3.05, 3.63) is 139 Å². The third-order valence-corrected chi connectivity index (χ3v) is 18.4. The van der Waals surface area contributed by atoms with Crippen LogP contribution >= 0.6 is 0 Å². The number of rotatable bonds is 12. The molecule has 3 aromatic carbocycles. The van der Waals surface area contributed by atoms with Crippen molar-refractivity contribution in [3.8, 4) is 63.4 Å². The molecule has 13 rings (SSSR count). The van der Waals surface area contributed by atoms with Gasteiger partial charge in [0, 0.05) is 117 Å². The van der Waals surface area contributed by atoms with Gasteiger partial charge in [0.15, 0.2) is 21.5 Å².